The van der Waals surface area contributed by atoms with Crippen molar-refractivity contribution < 1.29 is 22.3 Å². The van der Waals surface area contributed by atoms with Crippen molar-refractivity contribution in [3.05, 3.63) is 24.0 Å². The Balaban J connectivity index is 1.19. The Morgan fingerprint density at radius 3 is 2.35 bits per heavy atom. The molecule has 6 nitrogen and oxygen atoms in total. The van der Waals surface area contributed by atoms with E-state index in [1.807, 2.05) is 4.90 Å². The highest BCUT2D eigenvalue weighted by Gasteiger charge is 2.32. The first kappa shape index (κ1) is 22.9. The van der Waals surface area contributed by atoms with Crippen LogP contribution in [-0.4, -0.2) is 73.8 Å². The van der Waals surface area contributed by atoms with Gasteiger partial charge in [0.2, 0.25) is 0 Å². The van der Waals surface area contributed by atoms with Gasteiger partial charge < -0.3 is 9.64 Å². The van der Waals surface area contributed by atoms with E-state index < -0.39 is 15.7 Å². The van der Waals surface area contributed by atoms with Gasteiger partial charge in [0.15, 0.2) is 21.4 Å². The number of thioether (sulfide) groups is 1. The maximum atomic E-state index is 14.2. The van der Waals surface area contributed by atoms with Gasteiger partial charge in [-0.3, -0.25) is 9.69 Å². The molecule has 9 heteroatoms. The van der Waals surface area contributed by atoms with E-state index in [9.17, 15) is 17.6 Å². The molecule has 2 saturated carbocycles. The number of rotatable bonds is 6. The Morgan fingerprint density at radius 1 is 1.10 bits per heavy atom. The third kappa shape index (κ3) is 6.14. The number of ether oxygens (including phenoxy) is 1. The smallest absolute Gasteiger partial charge is 0.281 e. The van der Waals surface area contributed by atoms with Gasteiger partial charge in [0, 0.05) is 43.7 Å². The Hall–Kier alpha value is -1.32. The van der Waals surface area contributed by atoms with Crippen LogP contribution in [0.5, 0.6) is 5.75 Å². The molecular weight excluding hydrogens is 439 g/mol. The van der Waals surface area contributed by atoms with E-state index in [1.165, 1.54) is 36.7 Å². The van der Waals surface area contributed by atoms with Gasteiger partial charge >= 0.3 is 0 Å². The maximum Gasteiger partial charge on any atom is 0.281 e. The normalized spacial score (nSPS) is 25.4. The van der Waals surface area contributed by atoms with Gasteiger partial charge in [0.25, 0.3) is 5.24 Å². The van der Waals surface area contributed by atoms with Crippen LogP contribution in [0.1, 0.15) is 38.5 Å². The summed E-state index contributed by atoms with van der Waals surface area (Å²) in [6.45, 7) is 3.98. The molecule has 0 bridgehead atoms. The summed E-state index contributed by atoms with van der Waals surface area (Å²) >= 11 is 1.51. The summed E-state index contributed by atoms with van der Waals surface area (Å²) in [5, 5.41) is 0.814. The maximum absolute atomic E-state index is 14.2. The number of sulfone groups is 1. The molecule has 1 saturated heterocycles. The summed E-state index contributed by atoms with van der Waals surface area (Å²) in [5.74, 6) is -0.147. The van der Waals surface area contributed by atoms with Crippen molar-refractivity contribution in [3.63, 3.8) is 0 Å². The lowest BCUT2D eigenvalue weighted by Gasteiger charge is -2.41. The molecule has 0 aromatic heterocycles. The van der Waals surface area contributed by atoms with E-state index in [4.69, 9.17) is 4.74 Å². The van der Waals surface area contributed by atoms with Gasteiger partial charge in [0.05, 0.1) is 11.5 Å². The van der Waals surface area contributed by atoms with E-state index in [0.717, 1.165) is 64.2 Å². The molecule has 2 aliphatic carbocycles. The monoisotopic (exact) mass is 470 g/mol. The molecule has 0 atom stereocenters. The standard InChI is InChI=1S/C22H31FN2O4S2/c1-31(27,28)19-8-9-21(20(23)14-19)29-15-16-2-4-17(5-3-16)24-10-12-25(13-11-24)22(26)30-18-6-7-18/h8-9,14,16-18H,2-7,10-13,15H2,1H3. The second-order valence-corrected chi connectivity index (χ2v) is 12.2. The average molecular weight is 471 g/mol. The predicted molar refractivity (Wildman–Crippen MR) is 120 cm³/mol. The summed E-state index contributed by atoms with van der Waals surface area (Å²) in [4.78, 5) is 16.7. The molecule has 0 unspecified atom stereocenters. The SMILES string of the molecule is CS(=O)(=O)c1ccc(OCC2CCC(N3CCN(C(=O)SC4CC4)CC3)CC2)c(F)c1. The fraction of sp³-hybridized carbons (Fsp3) is 0.682. The molecule has 172 valence electrons. The first-order chi connectivity index (χ1) is 14.8. The lowest BCUT2D eigenvalue weighted by molar-refractivity contribution is 0.0782. The first-order valence-electron chi connectivity index (χ1n) is 11.1. The number of halogens is 1. The largest absolute Gasteiger partial charge is 0.490 e. The Kier molecular flexibility index (Phi) is 7.13. The van der Waals surface area contributed by atoms with Crippen molar-refractivity contribution in [2.75, 3.05) is 39.0 Å². The molecular formula is C22H31FN2O4S2. The summed E-state index contributed by atoms with van der Waals surface area (Å²) in [6.07, 6.45) is 7.67. The molecule has 1 amide bonds. The molecule has 4 rings (SSSR count). The zero-order valence-electron chi connectivity index (χ0n) is 18.0. The van der Waals surface area contributed by atoms with Gasteiger partial charge in [-0.2, -0.15) is 0 Å². The van der Waals surface area contributed by atoms with E-state index in [0.29, 0.717) is 23.8 Å². The van der Waals surface area contributed by atoms with Crippen molar-refractivity contribution in [2.45, 2.75) is 54.7 Å². The quantitative estimate of drug-likeness (QED) is 0.630. The lowest BCUT2D eigenvalue weighted by atomic mass is 9.85. The molecule has 0 spiro atoms. The number of nitrogens with zero attached hydrogens (tertiary/aromatic N) is 2. The van der Waals surface area contributed by atoms with Crippen molar-refractivity contribution in [3.8, 4) is 5.75 Å². The van der Waals surface area contributed by atoms with E-state index in [2.05, 4.69) is 4.90 Å². The van der Waals surface area contributed by atoms with Crippen LogP contribution in [0.3, 0.4) is 0 Å². The third-order valence-corrected chi connectivity index (χ3v) is 8.88. The van der Waals surface area contributed by atoms with E-state index in [1.54, 1.807) is 0 Å². The number of benzene rings is 1. The summed E-state index contributed by atoms with van der Waals surface area (Å²) in [5.41, 5.74) is 0. The molecule has 0 N–H and O–H groups in total. The fourth-order valence-corrected chi connectivity index (χ4v) is 6.01. The molecule has 0 radical (unpaired) electrons. The van der Waals surface area contributed by atoms with Crippen LogP contribution in [-0.2, 0) is 9.84 Å². The zero-order valence-corrected chi connectivity index (χ0v) is 19.6. The van der Waals surface area contributed by atoms with Crippen LogP contribution in [0.25, 0.3) is 0 Å². The second-order valence-electron chi connectivity index (χ2n) is 8.96. The molecule has 3 aliphatic rings. The van der Waals surface area contributed by atoms with Gasteiger partial charge in [0.1, 0.15) is 0 Å². The van der Waals surface area contributed by atoms with Crippen molar-refractivity contribution in [1.82, 2.24) is 9.80 Å². The number of hydrogen-bond acceptors (Lipinski definition) is 6. The fourth-order valence-electron chi connectivity index (χ4n) is 4.39. The van der Waals surface area contributed by atoms with Crippen LogP contribution in [0, 0.1) is 11.7 Å². The number of amides is 1. The van der Waals surface area contributed by atoms with Crippen LogP contribution in [0.4, 0.5) is 9.18 Å². The van der Waals surface area contributed by atoms with Gasteiger partial charge in [-0.15, -0.1) is 0 Å². The highest BCUT2D eigenvalue weighted by Crippen LogP contribution is 2.36. The average Bonchev–Trinajstić information content (AvgIpc) is 3.57. The minimum atomic E-state index is -3.43. The molecule has 3 fully saturated rings. The van der Waals surface area contributed by atoms with Crippen molar-refractivity contribution >= 4 is 26.8 Å². The Labute approximate surface area is 188 Å². The van der Waals surface area contributed by atoms with Crippen LogP contribution < -0.4 is 4.74 Å². The summed E-state index contributed by atoms with van der Waals surface area (Å²) in [6, 6.07) is 4.36. The molecule has 1 aliphatic heterocycles. The first-order valence-corrected chi connectivity index (χ1v) is 13.9. The van der Waals surface area contributed by atoms with Gasteiger partial charge in [-0.1, -0.05) is 11.8 Å². The Morgan fingerprint density at radius 2 is 1.77 bits per heavy atom. The number of carbonyl (C=O) groups excluding carboxylic acids is 1. The van der Waals surface area contributed by atoms with E-state index >= 15 is 0 Å². The van der Waals surface area contributed by atoms with Crippen molar-refractivity contribution in [1.29, 1.82) is 0 Å². The topological polar surface area (TPSA) is 66.9 Å². The van der Waals surface area contributed by atoms with Gasteiger partial charge in [-0.05, 0) is 62.6 Å². The molecule has 1 heterocycles. The molecule has 1 aromatic rings. The second kappa shape index (κ2) is 9.67. The lowest BCUT2D eigenvalue weighted by Crippen LogP contribution is -2.52. The summed E-state index contributed by atoms with van der Waals surface area (Å²) in [7, 11) is -3.43. The highest BCUT2D eigenvalue weighted by molar-refractivity contribution is 8.14. The molecule has 1 aromatic carbocycles. The zero-order chi connectivity index (χ0) is 22.0. The molecule has 31 heavy (non-hydrogen) atoms. The van der Waals surface area contributed by atoms with E-state index in [-0.39, 0.29) is 15.9 Å². The minimum Gasteiger partial charge on any atom is -0.490 e. The highest BCUT2D eigenvalue weighted by atomic mass is 32.2. The third-order valence-electron chi connectivity index (χ3n) is 6.50. The van der Waals surface area contributed by atoms with Crippen LogP contribution >= 0.6 is 11.8 Å². The number of carbonyl (C=O) groups is 1. The van der Waals surface area contributed by atoms with Crippen LogP contribution in [0.15, 0.2) is 23.1 Å². The minimum absolute atomic E-state index is 0.0363. The summed E-state index contributed by atoms with van der Waals surface area (Å²) < 4.78 is 42.9. The van der Waals surface area contributed by atoms with Crippen LogP contribution in [0.2, 0.25) is 0 Å². The van der Waals surface area contributed by atoms with Gasteiger partial charge in [-0.25, -0.2) is 12.8 Å². The van der Waals surface area contributed by atoms with Crippen molar-refractivity contribution in [2.24, 2.45) is 5.92 Å². The predicted octanol–water partition coefficient (Wildman–Crippen LogP) is 3.80. The number of hydrogen-bond donors (Lipinski definition) is 0. The Bertz CT molecular complexity index is 891. The number of piperazine rings is 1.